The second-order valence-electron chi connectivity index (χ2n) is 6.00. The molecule has 1 aliphatic carbocycles. The van der Waals surface area contributed by atoms with Crippen LogP contribution in [0, 0.1) is 5.92 Å². The van der Waals surface area contributed by atoms with Crippen LogP contribution < -0.4 is 5.32 Å². The van der Waals surface area contributed by atoms with Crippen molar-refractivity contribution in [3.63, 3.8) is 0 Å². The van der Waals surface area contributed by atoms with Gasteiger partial charge in [-0.1, -0.05) is 69.9 Å². The lowest BCUT2D eigenvalue weighted by molar-refractivity contribution is 0.304. The third-order valence-electron chi connectivity index (χ3n) is 4.82. The Balaban J connectivity index is 1.96. The van der Waals surface area contributed by atoms with Crippen LogP contribution in [0.25, 0.3) is 0 Å². The Bertz CT molecular complexity index is 342. The zero-order chi connectivity index (χ0) is 13.5. The first kappa shape index (κ1) is 14.6. The fourth-order valence-electron chi connectivity index (χ4n) is 3.37. The van der Waals surface area contributed by atoms with Gasteiger partial charge in [0.15, 0.2) is 0 Å². The van der Waals surface area contributed by atoms with E-state index in [1.807, 2.05) is 0 Å². The summed E-state index contributed by atoms with van der Waals surface area (Å²) in [5.74, 6) is 1.57. The maximum atomic E-state index is 3.87. The SMILES string of the molecule is CCC(CC)CNC1CCCCC1c1ccccc1. The zero-order valence-electron chi connectivity index (χ0n) is 12.6. The molecule has 1 aromatic rings. The highest BCUT2D eigenvalue weighted by Gasteiger charge is 2.26. The lowest BCUT2D eigenvalue weighted by Crippen LogP contribution is -2.39. The van der Waals surface area contributed by atoms with Gasteiger partial charge in [0.2, 0.25) is 0 Å². The number of rotatable bonds is 6. The standard InChI is InChI=1S/C18H29N/c1-3-15(4-2)14-19-18-13-9-8-12-17(18)16-10-6-5-7-11-16/h5-7,10-11,15,17-19H,3-4,8-9,12-14H2,1-2H3. The summed E-state index contributed by atoms with van der Waals surface area (Å²) in [5, 5.41) is 3.87. The van der Waals surface area contributed by atoms with Gasteiger partial charge in [0, 0.05) is 6.04 Å². The van der Waals surface area contributed by atoms with Crippen LogP contribution >= 0.6 is 0 Å². The fourth-order valence-corrected chi connectivity index (χ4v) is 3.37. The van der Waals surface area contributed by atoms with E-state index in [2.05, 4.69) is 49.5 Å². The summed E-state index contributed by atoms with van der Waals surface area (Å²) in [7, 11) is 0. The Morgan fingerprint density at radius 3 is 2.42 bits per heavy atom. The van der Waals surface area contributed by atoms with E-state index in [1.54, 1.807) is 0 Å². The lowest BCUT2D eigenvalue weighted by atomic mass is 9.80. The molecular formula is C18H29N. The third kappa shape index (κ3) is 4.07. The molecule has 0 saturated heterocycles. The quantitative estimate of drug-likeness (QED) is 0.778. The highest BCUT2D eigenvalue weighted by atomic mass is 14.9. The van der Waals surface area contributed by atoms with Crippen molar-refractivity contribution in [3.8, 4) is 0 Å². The summed E-state index contributed by atoms with van der Waals surface area (Å²) >= 11 is 0. The minimum Gasteiger partial charge on any atom is -0.313 e. The van der Waals surface area contributed by atoms with E-state index in [1.165, 1.54) is 50.6 Å². The van der Waals surface area contributed by atoms with Crippen molar-refractivity contribution in [2.45, 2.75) is 64.3 Å². The highest BCUT2D eigenvalue weighted by molar-refractivity contribution is 5.22. The van der Waals surface area contributed by atoms with Crippen molar-refractivity contribution >= 4 is 0 Å². The molecule has 1 saturated carbocycles. The van der Waals surface area contributed by atoms with E-state index in [0.29, 0.717) is 6.04 Å². The number of nitrogens with one attached hydrogen (secondary N) is 1. The van der Waals surface area contributed by atoms with Gasteiger partial charge < -0.3 is 5.32 Å². The predicted octanol–water partition coefficient (Wildman–Crippen LogP) is 4.74. The molecule has 2 rings (SSSR count). The van der Waals surface area contributed by atoms with Crippen molar-refractivity contribution in [3.05, 3.63) is 35.9 Å². The molecule has 19 heavy (non-hydrogen) atoms. The van der Waals surface area contributed by atoms with Crippen LogP contribution in [0.2, 0.25) is 0 Å². The van der Waals surface area contributed by atoms with Crippen molar-refractivity contribution in [1.82, 2.24) is 5.32 Å². The molecule has 1 fully saturated rings. The molecular weight excluding hydrogens is 230 g/mol. The summed E-state index contributed by atoms with van der Waals surface area (Å²) in [5.41, 5.74) is 1.53. The molecule has 0 heterocycles. The molecule has 106 valence electrons. The Morgan fingerprint density at radius 1 is 1.05 bits per heavy atom. The second-order valence-corrected chi connectivity index (χ2v) is 6.00. The molecule has 0 spiro atoms. The summed E-state index contributed by atoms with van der Waals surface area (Å²) in [6.07, 6.45) is 8.08. The Kier molecular flexibility index (Phi) is 5.91. The van der Waals surface area contributed by atoms with E-state index in [4.69, 9.17) is 0 Å². The highest BCUT2D eigenvalue weighted by Crippen LogP contribution is 2.33. The molecule has 1 heteroatoms. The van der Waals surface area contributed by atoms with E-state index in [-0.39, 0.29) is 0 Å². The third-order valence-corrected chi connectivity index (χ3v) is 4.82. The average molecular weight is 259 g/mol. The van der Waals surface area contributed by atoms with Crippen LogP contribution in [-0.4, -0.2) is 12.6 Å². The van der Waals surface area contributed by atoms with Crippen LogP contribution in [0.3, 0.4) is 0 Å². The Morgan fingerprint density at radius 2 is 1.74 bits per heavy atom. The van der Waals surface area contributed by atoms with E-state index in [0.717, 1.165) is 11.8 Å². The second kappa shape index (κ2) is 7.69. The molecule has 1 nitrogen and oxygen atoms in total. The van der Waals surface area contributed by atoms with Gasteiger partial charge >= 0.3 is 0 Å². The molecule has 1 aromatic carbocycles. The van der Waals surface area contributed by atoms with Gasteiger partial charge in [0.25, 0.3) is 0 Å². The fraction of sp³-hybridized carbons (Fsp3) is 0.667. The van der Waals surface area contributed by atoms with Gasteiger partial charge in [0.1, 0.15) is 0 Å². The molecule has 1 N–H and O–H groups in total. The van der Waals surface area contributed by atoms with Gasteiger partial charge in [-0.05, 0) is 36.8 Å². The monoisotopic (exact) mass is 259 g/mol. The molecule has 0 radical (unpaired) electrons. The van der Waals surface area contributed by atoms with Crippen LogP contribution in [0.4, 0.5) is 0 Å². The average Bonchev–Trinajstić information content (AvgIpc) is 2.49. The lowest BCUT2D eigenvalue weighted by Gasteiger charge is -2.33. The first-order valence-corrected chi connectivity index (χ1v) is 8.13. The molecule has 2 unspecified atom stereocenters. The molecule has 0 bridgehead atoms. The molecule has 0 amide bonds. The van der Waals surface area contributed by atoms with Crippen LogP contribution in [0.15, 0.2) is 30.3 Å². The topological polar surface area (TPSA) is 12.0 Å². The van der Waals surface area contributed by atoms with Gasteiger partial charge in [-0.2, -0.15) is 0 Å². The van der Waals surface area contributed by atoms with Crippen LogP contribution in [0.1, 0.15) is 63.9 Å². The van der Waals surface area contributed by atoms with Crippen molar-refractivity contribution in [1.29, 1.82) is 0 Å². The molecule has 0 aliphatic heterocycles. The molecule has 0 aromatic heterocycles. The van der Waals surface area contributed by atoms with Crippen molar-refractivity contribution in [2.75, 3.05) is 6.54 Å². The van der Waals surface area contributed by atoms with Gasteiger partial charge in [0.05, 0.1) is 0 Å². The zero-order valence-corrected chi connectivity index (χ0v) is 12.6. The summed E-state index contributed by atoms with van der Waals surface area (Å²) in [6.45, 7) is 5.82. The summed E-state index contributed by atoms with van der Waals surface area (Å²) < 4.78 is 0. The largest absolute Gasteiger partial charge is 0.313 e. The number of benzene rings is 1. The summed E-state index contributed by atoms with van der Waals surface area (Å²) in [6, 6.07) is 11.8. The predicted molar refractivity (Wildman–Crippen MR) is 83.5 cm³/mol. The van der Waals surface area contributed by atoms with Gasteiger partial charge in [-0.15, -0.1) is 0 Å². The summed E-state index contributed by atoms with van der Waals surface area (Å²) in [4.78, 5) is 0. The Hall–Kier alpha value is -0.820. The number of hydrogen-bond acceptors (Lipinski definition) is 1. The molecule has 2 atom stereocenters. The Labute approximate surface area is 118 Å². The van der Waals surface area contributed by atoms with Crippen molar-refractivity contribution < 1.29 is 0 Å². The van der Waals surface area contributed by atoms with E-state index >= 15 is 0 Å². The normalized spacial score (nSPS) is 23.7. The van der Waals surface area contributed by atoms with E-state index < -0.39 is 0 Å². The van der Waals surface area contributed by atoms with Crippen LogP contribution in [0.5, 0.6) is 0 Å². The maximum absolute atomic E-state index is 3.87. The first-order valence-electron chi connectivity index (χ1n) is 8.13. The smallest absolute Gasteiger partial charge is 0.0136 e. The minimum absolute atomic E-state index is 0.691. The van der Waals surface area contributed by atoms with Gasteiger partial charge in [-0.3, -0.25) is 0 Å². The van der Waals surface area contributed by atoms with Crippen molar-refractivity contribution in [2.24, 2.45) is 5.92 Å². The first-order chi connectivity index (χ1) is 9.35. The minimum atomic E-state index is 0.691. The maximum Gasteiger partial charge on any atom is 0.0136 e. The van der Waals surface area contributed by atoms with E-state index in [9.17, 15) is 0 Å². The van der Waals surface area contributed by atoms with Crippen LogP contribution in [-0.2, 0) is 0 Å². The van der Waals surface area contributed by atoms with Gasteiger partial charge in [-0.25, -0.2) is 0 Å². The number of hydrogen-bond donors (Lipinski definition) is 1. The molecule has 1 aliphatic rings.